The van der Waals surface area contributed by atoms with Crippen LogP contribution in [0.15, 0.2) is 65.0 Å². The molecule has 2 N–H and O–H groups in total. The summed E-state index contributed by atoms with van der Waals surface area (Å²) in [7, 11) is 0. The quantitative estimate of drug-likeness (QED) is 0.488. The van der Waals surface area contributed by atoms with Gasteiger partial charge in [0, 0.05) is 18.8 Å². The molecule has 2 aromatic heterocycles. The first-order chi connectivity index (χ1) is 15.2. The van der Waals surface area contributed by atoms with E-state index in [1.54, 1.807) is 0 Å². The van der Waals surface area contributed by atoms with Crippen LogP contribution in [-0.2, 0) is 6.54 Å². The molecule has 4 aromatic rings. The van der Waals surface area contributed by atoms with Crippen molar-refractivity contribution >= 4 is 28.0 Å². The van der Waals surface area contributed by atoms with Crippen molar-refractivity contribution in [1.82, 2.24) is 25.2 Å². The van der Waals surface area contributed by atoms with Gasteiger partial charge < -0.3 is 19.6 Å². The van der Waals surface area contributed by atoms with Crippen molar-refractivity contribution < 1.29 is 9.21 Å². The smallest absolute Gasteiger partial charge is 0.290 e. The predicted molar refractivity (Wildman–Crippen MR) is 119 cm³/mol. The molecule has 0 aliphatic heterocycles. The van der Waals surface area contributed by atoms with Gasteiger partial charge in [-0.3, -0.25) is 4.79 Å². The van der Waals surface area contributed by atoms with Gasteiger partial charge in [-0.1, -0.05) is 18.2 Å². The van der Waals surface area contributed by atoms with Crippen molar-refractivity contribution in [3.63, 3.8) is 0 Å². The number of hydrogen-bond donors (Lipinski definition) is 2. The Labute approximate surface area is 180 Å². The number of benzene rings is 2. The monoisotopic (exact) mass is 415 g/mol. The molecule has 0 unspecified atom stereocenters. The van der Waals surface area contributed by atoms with Crippen LogP contribution in [-0.4, -0.2) is 38.3 Å². The fourth-order valence-electron chi connectivity index (χ4n) is 4.24. The second-order valence-electron chi connectivity index (χ2n) is 7.85. The van der Waals surface area contributed by atoms with Crippen molar-refractivity contribution in [2.75, 3.05) is 6.54 Å². The molecule has 0 saturated carbocycles. The van der Waals surface area contributed by atoms with E-state index in [0.29, 0.717) is 18.9 Å². The minimum atomic E-state index is -0.0577. The average molecular weight is 415 g/mol. The SMILES string of the molecule is CCN(C(=O)c1nc2ccccc2[nH]1)[C@@H]1C=C(NCc2ccc3ocnc3c2)CCC1. The first-order valence-electron chi connectivity index (χ1n) is 10.7. The van der Waals surface area contributed by atoms with Gasteiger partial charge in [-0.25, -0.2) is 9.97 Å². The summed E-state index contributed by atoms with van der Waals surface area (Å²) in [5.41, 5.74) is 5.68. The Bertz CT molecular complexity index is 1220. The lowest BCUT2D eigenvalue weighted by atomic mass is 9.98. The molecule has 0 saturated heterocycles. The van der Waals surface area contributed by atoms with Crippen LogP contribution in [0.25, 0.3) is 22.1 Å². The van der Waals surface area contributed by atoms with Gasteiger partial charge >= 0.3 is 0 Å². The number of aromatic amines is 1. The molecule has 1 atom stereocenters. The van der Waals surface area contributed by atoms with Crippen LogP contribution in [0.2, 0.25) is 0 Å². The summed E-state index contributed by atoms with van der Waals surface area (Å²) in [6, 6.07) is 13.8. The standard InChI is InChI=1S/C24H25N5O2/c1-2-29(24(30)23-27-19-8-3-4-9-20(19)28-23)18-7-5-6-17(13-18)25-14-16-10-11-22-21(12-16)26-15-31-22/h3-4,8-13,15,18,25H,2,5-7,14H2,1H3,(H,27,28)/t18-/m0/s1. The Morgan fingerprint density at radius 3 is 3.03 bits per heavy atom. The first-order valence-corrected chi connectivity index (χ1v) is 10.7. The lowest BCUT2D eigenvalue weighted by Crippen LogP contribution is -2.41. The van der Waals surface area contributed by atoms with Crippen molar-refractivity contribution in [3.05, 3.63) is 72.0 Å². The van der Waals surface area contributed by atoms with Crippen LogP contribution in [0.3, 0.4) is 0 Å². The number of para-hydroxylation sites is 2. The molecular weight excluding hydrogens is 390 g/mol. The molecule has 2 aromatic carbocycles. The highest BCUT2D eigenvalue weighted by atomic mass is 16.3. The molecule has 0 fully saturated rings. The first kappa shape index (κ1) is 19.4. The van der Waals surface area contributed by atoms with Crippen LogP contribution in [0, 0.1) is 0 Å². The van der Waals surface area contributed by atoms with E-state index in [0.717, 1.165) is 47.0 Å². The van der Waals surface area contributed by atoms with E-state index in [4.69, 9.17) is 4.42 Å². The van der Waals surface area contributed by atoms with E-state index < -0.39 is 0 Å². The number of carbonyl (C=O) groups excluding carboxylic acids is 1. The summed E-state index contributed by atoms with van der Waals surface area (Å²) in [6.07, 6.45) is 6.64. The number of fused-ring (bicyclic) bond motifs is 2. The number of rotatable bonds is 6. The molecule has 0 spiro atoms. The van der Waals surface area contributed by atoms with Gasteiger partial charge in [-0.05, 0) is 62.1 Å². The highest BCUT2D eigenvalue weighted by Crippen LogP contribution is 2.23. The predicted octanol–water partition coefficient (Wildman–Crippen LogP) is 4.39. The number of carbonyl (C=O) groups is 1. The molecule has 0 radical (unpaired) electrons. The molecule has 7 heteroatoms. The van der Waals surface area contributed by atoms with Crippen molar-refractivity contribution in [3.8, 4) is 0 Å². The summed E-state index contributed by atoms with van der Waals surface area (Å²) in [6.45, 7) is 3.36. The Hall–Kier alpha value is -3.61. The number of oxazole rings is 1. The number of hydrogen-bond acceptors (Lipinski definition) is 5. The number of H-pyrrole nitrogens is 1. The van der Waals surface area contributed by atoms with E-state index in [-0.39, 0.29) is 11.9 Å². The Kier molecular flexibility index (Phi) is 5.16. The van der Waals surface area contributed by atoms with Gasteiger partial charge in [-0.15, -0.1) is 0 Å². The second-order valence-corrected chi connectivity index (χ2v) is 7.85. The Morgan fingerprint density at radius 1 is 1.26 bits per heavy atom. The molecule has 7 nitrogen and oxygen atoms in total. The third-order valence-electron chi connectivity index (χ3n) is 5.85. The van der Waals surface area contributed by atoms with Crippen LogP contribution in [0.4, 0.5) is 0 Å². The summed E-state index contributed by atoms with van der Waals surface area (Å²) >= 11 is 0. The fraction of sp³-hybridized carbons (Fsp3) is 0.292. The number of allylic oxidation sites excluding steroid dienone is 1. The topological polar surface area (TPSA) is 87.0 Å². The zero-order valence-corrected chi connectivity index (χ0v) is 17.5. The number of likely N-dealkylation sites (N-methyl/N-ethyl adjacent to an activating group) is 1. The number of aromatic nitrogens is 3. The maximum atomic E-state index is 13.2. The average Bonchev–Trinajstić information content (AvgIpc) is 3.45. The molecule has 0 bridgehead atoms. The number of nitrogens with one attached hydrogen (secondary N) is 2. The van der Waals surface area contributed by atoms with Crippen LogP contribution in [0.5, 0.6) is 0 Å². The maximum Gasteiger partial charge on any atom is 0.290 e. The lowest BCUT2D eigenvalue weighted by molar-refractivity contribution is 0.0700. The van der Waals surface area contributed by atoms with Crippen molar-refractivity contribution in [2.24, 2.45) is 0 Å². The van der Waals surface area contributed by atoms with Crippen molar-refractivity contribution in [1.29, 1.82) is 0 Å². The molecule has 158 valence electrons. The van der Waals surface area contributed by atoms with E-state index in [1.807, 2.05) is 54.3 Å². The molecule has 31 heavy (non-hydrogen) atoms. The highest BCUT2D eigenvalue weighted by molar-refractivity contribution is 5.94. The number of amides is 1. The minimum Gasteiger partial charge on any atom is -0.443 e. The van der Waals surface area contributed by atoms with Gasteiger partial charge in [0.05, 0.1) is 17.1 Å². The van der Waals surface area contributed by atoms with E-state index >= 15 is 0 Å². The second kappa shape index (κ2) is 8.26. The normalized spacial score (nSPS) is 16.4. The summed E-state index contributed by atoms with van der Waals surface area (Å²) < 4.78 is 5.31. The number of nitrogens with zero attached hydrogens (tertiary/aromatic N) is 3. The van der Waals surface area contributed by atoms with E-state index in [9.17, 15) is 4.79 Å². The fourth-order valence-corrected chi connectivity index (χ4v) is 4.24. The van der Waals surface area contributed by atoms with Gasteiger partial charge in [0.2, 0.25) is 0 Å². The minimum absolute atomic E-state index is 0.0555. The lowest BCUT2D eigenvalue weighted by Gasteiger charge is -2.32. The third kappa shape index (κ3) is 3.91. The summed E-state index contributed by atoms with van der Waals surface area (Å²) in [5.74, 6) is 0.343. The van der Waals surface area contributed by atoms with E-state index in [2.05, 4.69) is 26.3 Å². The van der Waals surface area contributed by atoms with Gasteiger partial charge in [0.25, 0.3) is 5.91 Å². The van der Waals surface area contributed by atoms with Crippen LogP contribution >= 0.6 is 0 Å². The van der Waals surface area contributed by atoms with Gasteiger partial charge in [0.1, 0.15) is 5.52 Å². The van der Waals surface area contributed by atoms with Gasteiger partial charge in [0.15, 0.2) is 17.8 Å². The zero-order chi connectivity index (χ0) is 21.2. The maximum absolute atomic E-state index is 13.2. The van der Waals surface area contributed by atoms with E-state index in [1.165, 1.54) is 12.1 Å². The molecule has 1 aliphatic carbocycles. The molecule has 1 aliphatic rings. The van der Waals surface area contributed by atoms with Crippen LogP contribution < -0.4 is 5.32 Å². The third-order valence-corrected chi connectivity index (χ3v) is 5.85. The highest BCUT2D eigenvalue weighted by Gasteiger charge is 2.26. The number of imidazole rings is 1. The molecule has 2 heterocycles. The van der Waals surface area contributed by atoms with Gasteiger partial charge in [-0.2, -0.15) is 0 Å². The molecular formula is C24H25N5O2. The Balaban J connectivity index is 1.30. The summed E-state index contributed by atoms with van der Waals surface area (Å²) in [4.78, 5) is 27.0. The molecule has 5 rings (SSSR count). The zero-order valence-electron chi connectivity index (χ0n) is 17.5. The largest absolute Gasteiger partial charge is 0.443 e. The molecule has 1 amide bonds. The van der Waals surface area contributed by atoms with Crippen LogP contribution in [0.1, 0.15) is 42.4 Å². The van der Waals surface area contributed by atoms with Crippen molar-refractivity contribution in [2.45, 2.75) is 38.8 Å². The summed E-state index contributed by atoms with van der Waals surface area (Å²) in [5, 5.41) is 3.55. The Morgan fingerprint density at radius 2 is 2.16 bits per heavy atom.